The van der Waals surface area contributed by atoms with Crippen LogP contribution in [-0.2, 0) is 4.79 Å². The highest BCUT2D eigenvalue weighted by molar-refractivity contribution is 6.23. The summed E-state index contributed by atoms with van der Waals surface area (Å²) in [4.78, 5) is 40.1. The highest BCUT2D eigenvalue weighted by Crippen LogP contribution is 2.33. The van der Waals surface area contributed by atoms with E-state index in [0.29, 0.717) is 47.9 Å². The Bertz CT molecular complexity index is 966. The first-order valence-corrected chi connectivity index (χ1v) is 10.1. The van der Waals surface area contributed by atoms with Crippen LogP contribution in [0.4, 0.5) is 5.69 Å². The lowest BCUT2D eigenvalue weighted by atomic mass is 10.0. The third kappa shape index (κ3) is 3.75. The summed E-state index contributed by atoms with van der Waals surface area (Å²) in [5.74, 6) is 0.0164. The molecular weight excluding hydrogens is 384 g/mol. The van der Waals surface area contributed by atoms with Crippen LogP contribution < -0.4 is 14.8 Å². The predicted octanol–water partition coefficient (Wildman–Crippen LogP) is 3.50. The Kier molecular flexibility index (Phi) is 5.44. The number of hydrogen-bond acceptors (Lipinski definition) is 5. The Balaban J connectivity index is 1.59. The Morgan fingerprint density at radius 1 is 1.00 bits per heavy atom. The number of ether oxygens (including phenoxy) is 2. The molecule has 156 valence electrons. The van der Waals surface area contributed by atoms with Crippen LogP contribution in [0.2, 0.25) is 0 Å². The molecule has 2 heterocycles. The lowest BCUT2D eigenvalue weighted by Crippen LogP contribution is -2.47. The maximum atomic E-state index is 13.2. The van der Waals surface area contributed by atoms with Crippen LogP contribution in [0.3, 0.4) is 0 Å². The van der Waals surface area contributed by atoms with E-state index in [1.54, 1.807) is 42.5 Å². The average Bonchev–Trinajstić information content (AvgIpc) is 2.88. The van der Waals surface area contributed by atoms with Crippen LogP contribution in [-0.4, -0.2) is 41.9 Å². The largest absolute Gasteiger partial charge is 0.490 e. The summed E-state index contributed by atoms with van der Waals surface area (Å²) < 4.78 is 11.3. The van der Waals surface area contributed by atoms with Crippen molar-refractivity contribution in [1.29, 1.82) is 0 Å². The van der Waals surface area contributed by atoms with E-state index in [1.165, 1.54) is 0 Å². The van der Waals surface area contributed by atoms with Crippen LogP contribution in [0.1, 0.15) is 47.4 Å². The first-order valence-electron chi connectivity index (χ1n) is 10.1. The standard InChI is InChI=1S/C23H24N2O5/c1-14(2)12-18(25-22(27)16-6-3-4-7-17(16)23(25)28)21(26)24-15-8-9-19-20(13-15)30-11-5-10-29-19/h3-4,6-9,13-14,18H,5,10-12H2,1-2H3,(H,24,26). The van der Waals surface area contributed by atoms with Crippen LogP contribution >= 0.6 is 0 Å². The van der Waals surface area contributed by atoms with Crippen molar-refractivity contribution >= 4 is 23.4 Å². The van der Waals surface area contributed by atoms with Gasteiger partial charge in [-0.2, -0.15) is 0 Å². The van der Waals surface area contributed by atoms with Gasteiger partial charge >= 0.3 is 0 Å². The number of anilines is 1. The van der Waals surface area contributed by atoms with Crippen molar-refractivity contribution < 1.29 is 23.9 Å². The fraction of sp³-hybridized carbons (Fsp3) is 0.348. The second-order valence-corrected chi connectivity index (χ2v) is 7.87. The van der Waals surface area contributed by atoms with E-state index in [-0.39, 0.29) is 5.92 Å². The van der Waals surface area contributed by atoms with E-state index in [2.05, 4.69) is 5.32 Å². The van der Waals surface area contributed by atoms with E-state index < -0.39 is 23.8 Å². The van der Waals surface area contributed by atoms with Gasteiger partial charge < -0.3 is 14.8 Å². The summed E-state index contributed by atoms with van der Waals surface area (Å²) in [5, 5.41) is 2.84. The summed E-state index contributed by atoms with van der Waals surface area (Å²) in [6.45, 7) is 5.02. The van der Waals surface area contributed by atoms with Gasteiger partial charge in [-0.05, 0) is 36.6 Å². The molecule has 30 heavy (non-hydrogen) atoms. The number of hydrogen-bond donors (Lipinski definition) is 1. The molecule has 0 fully saturated rings. The van der Waals surface area contributed by atoms with Gasteiger partial charge in [-0.1, -0.05) is 26.0 Å². The minimum atomic E-state index is -0.909. The molecule has 4 rings (SSSR count). The van der Waals surface area contributed by atoms with Gasteiger partial charge in [-0.3, -0.25) is 19.3 Å². The zero-order chi connectivity index (χ0) is 21.3. The molecule has 7 heteroatoms. The van der Waals surface area contributed by atoms with Crippen LogP contribution in [0, 0.1) is 5.92 Å². The molecule has 7 nitrogen and oxygen atoms in total. The first kappa shape index (κ1) is 19.9. The summed E-state index contributed by atoms with van der Waals surface area (Å²) in [7, 11) is 0. The molecule has 0 bridgehead atoms. The summed E-state index contributed by atoms with van der Waals surface area (Å²) in [6.07, 6.45) is 1.15. The van der Waals surface area contributed by atoms with E-state index in [0.717, 1.165) is 11.3 Å². The molecule has 1 unspecified atom stereocenters. The Labute approximate surface area is 175 Å². The lowest BCUT2D eigenvalue weighted by molar-refractivity contribution is -0.120. The maximum absolute atomic E-state index is 13.2. The zero-order valence-electron chi connectivity index (χ0n) is 17.0. The quantitative estimate of drug-likeness (QED) is 0.766. The molecule has 0 aromatic heterocycles. The van der Waals surface area contributed by atoms with Gasteiger partial charge in [0.2, 0.25) is 5.91 Å². The second kappa shape index (κ2) is 8.18. The third-order valence-corrected chi connectivity index (χ3v) is 5.15. The monoisotopic (exact) mass is 408 g/mol. The van der Waals surface area contributed by atoms with Gasteiger partial charge in [0, 0.05) is 18.2 Å². The van der Waals surface area contributed by atoms with E-state index in [4.69, 9.17) is 9.47 Å². The Morgan fingerprint density at radius 3 is 2.27 bits per heavy atom. The number of amides is 3. The summed E-state index contributed by atoms with van der Waals surface area (Å²) in [6, 6.07) is 10.9. The molecule has 2 aromatic carbocycles. The van der Waals surface area contributed by atoms with Crippen LogP contribution in [0.5, 0.6) is 11.5 Å². The molecule has 0 aliphatic carbocycles. The van der Waals surface area contributed by atoms with Crippen LogP contribution in [0.25, 0.3) is 0 Å². The normalized spacial score (nSPS) is 16.3. The van der Waals surface area contributed by atoms with Crippen molar-refractivity contribution in [3.8, 4) is 11.5 Å². The molecule has 3 amide bonds. The van der Waals surface area contributed by atoms with Crippen molar-refractivity contribution in [2.24, 2.45) is 5.92 Å². The molecule has 2 aromatic rings. The highest BCUT2D eigenvalue weighted by Gasteiger charge is 2.42. The van der Waals surface area contributed by atoms with Gasteiger partial charge in [-0.15, -0.1) is 0 Å². The van der Waals surface area contributed by atoms with E-state index in [9.17, 15) is 14.4 Å². The maximum Gasteiger partial charge on any atom is 0.262 e. The van der Waals surface area contributed by atoms with Gasteiger partial charge in [0.05, 0.1) is 24.3 Å². The third-order valence-electron chi connectivity index (χ3n) is 5.15. The van der Waals surface area contributed by atoms with Gasteiger partial charge in [-0.25, -0.2) is 0 Å². The number of carbonyl (C=O) groups excluding carboxylic acids is 3. The lowest BCUT2D eigenvalue weighted by Gasteiger charge is -2.27. The fourth-order valence-corrected chi connectivity index (χ4v) is 3.73. The molecular formula is C23H24N2O5. The van der Waals surface area contributed by atoms with Crippen molar-refractivity contribution in [1.82, 2.24) is 4.90 Å². The molecule has 2 aliphatic heterocycles. The van der Waals surface area contributed by atoms with Crippen molar-refractivity contribution in [2.75, 3.05) is 18.5 Å². The number of carbonyl (C=O) groups is 3. The van der Waals surface area contributed by atoms with Crippen LogP contribution in [0.15, 0.2) is 42.5 Å². The summed E-state index contributed by atoms with van der Waals surface area (Å²) >= 11 is 0. The zero-order valence-corrected chi connectivity index (χ0v) is 17.0. The minimum absolute atomic E-state index is 0.105. The van der Waals surface area contributed by atoms with Gasteiger partial charge in [0.1, 0.15) is 6.04 Å². The summed E-state index contributed by atoms with van der Waals surface area (Å²) in [5.41, 5.74) is 1.19. The average molecular weight is 408 g/mol. The van der Waals surface area contributed by atoms with Gasteiger partial charge in [0.25, 0.3) is 11.8 Å². The smallest absolute Gasteiger partial charge is 0.262 e. The number of benzene rings is 2. The Hall–Kier alpha value is -3.35. The topological polar surface area (TPSA) is 84.9 Å². The van der Waals surface area contributed by atoms with E-state index >= 15 is 0 Å². The molecule has 0 saturated carbocycles. The number of nitrogens with one attached hydrogen (secondary N) is 1. The number of nitrogens with zero attached hydrogens (tertiary/aromatic N) is 1. The second-order valence-electron chi connectivity index (χ2n) is 7.87. The molecule has 0 radical (unpaired) electrons. The molecule has 1 N–H and O–H groups in total. The number of fused-ring (bicyclic) bond motifs is 2. The van der Waals surface area contributed by atoms with Crippen molar-refractivity contribution in [3.63, 3.8) is 0 Å². The minimum Gasteiger partial charge on any atom is -0.490 e. The highest BCUT2D eigenvalue weighted by atomic mass is 16.5. The Morgan fingerprint density at radius 2 is 1.63 bits per heavy atom. The first-order chi connectivity index (χ1) is 14.5. The molecule has 0 spiro atoms. The van der Waals surface area contributed by atoms with E-state index in [1.807, 2.05) is 13.8 Å². The van der Waals surface area contributed by atoms with Gasteiger partial charge in [0.15, 0.2) is 11.5 Å². The molecule has 2 aliphatic rings. The van der Waals surface area contributed by atoms with Crippen molar-refractivity contribution in [2.45, 2.75) is 32.7 Å². The number of imide groups is 1. The molecule has 0 saturated heterocycles. The number of rotatable bonds is 5. The SMILES string of the molecule is CC(C)CC(C(=O)Nc1ccc2c(c1)OCCCO2)N1C(=O)c2ccccc2C1=O. The van der Waals surface area contributed by atoms with Crippen molar-refractivity contribution in [3.05, 3.63) is 53.6 Å². The predicted molar refractivity (Wildman–Crippen MR) is 111 cm³/mol. The molecule has 1 atom stereocenters. The fourth-order valence-electron chi connectivity index (χ4n) is 3.73.